The molecule has 1 aromatic heterocycles. The Labute approximate surface area is 124 Å². The van der Waals surface area contributed by atoms with Crippen LogP contribution >= 0.6 is 15.9 Å². The van der Waals surface area contributed by atoms with E-state index in [1.165, 1.54) is 6.20 Å². The summed E-state index contributed by atoms with van der Waals surface area (Å²) in [5, 5.41) is 11.3. The van der Waals surface area contributed by atoms with Crippen molar-refractivity contribution >= 4 is 27.5 Å². The van der Waals surface area contributed by atoms with Crippen molar-refractivity contribution in [2.75, 3.05) is 11.9 Å². The largest absolute Gasteiger partial charge is 0.477 e. The number of amides is 1. The number of hydrogen-bond acceptors (Lipinski definition) is 4. The molecule has 0 radical (unpaired) electrons. The Morgan fingerprint density at radius 2 is 2.15 bits per heavy atom. The molecule has 1 N–H and O–H groups in total. The van der Waals surface area contributed by atoms with Crippen molar-refractivity contribution in [2.24, 2.45) is 0 Å². The molecule has 1 aromatic carbocycles. The third-order valence-corrected chi connectivity index (χ3v) is 2.89. The zero-order chi connectivity index (χ0) is 14.4. The molecule has 0 spiro atoms. The molecule has 6 heteroatoms. The monoisotopic (exact) mass is 331 g/mol. The highest BCUT2D eigenvalue weighted by Crippen LogP contribution is 2.24. The lowest BCUT2D eigenvalue weighted by molar-refractivity contribution is 0.102. The van der Waals surface area contributed by atoms with Crippen LogP contribution in [0.3, 0.4) is 0 Å². The Kier molecular flexibility index (Phi) is 4.69. The van der Waals surface area contributed by atoms with Gasteiger partial charge < -0.3 is 10.1 Å². The van der Waals surface area contributed by atoms with Crippen LogP contribution in [-0.2, 0) is 0 Å². The second-order valence-electron chi connectivity index (χ2n) is 3.77. The number of para-hydroxylation sites is 2. The van der Waals surface area contributed by atoms with Crippen LogP contribution in [0.15, 0.2) is 47.2 Å². The molecule has 0 aliphatic carbocycles. The van der Waals surface area contributed by atoms with Crippen LogP contribution < -0.4 is 10.1 Å². The molecule has 2 rings (SSSR count). The van der Waals surface area contributed by atoms with E-state index < -0.39 is 0 Å². The molecule has 2 aromatic rings. The van der Waals surface area contributed by atoms with Gasteiger partial charge in [0.05, 0.1) is 11.3 Å². The lowest BCUT2D eigenvalue weighted by Crippen LogP contribution is -2.13. The third kappa shape index (κ3) is 3.56. The third-order valence-electron chi connectivity index (χ3n) is 2.42. The maximum atomic E-state index is 12.1. The predicted octanol–water partition coefficient (Wildman–Crippen LogP) is 3.00. The maximum absolute atomic E-state index is 12.1. The fraction of sp³-hybridized carbons (Fsp3) is 0.0714. The van der Waals surface area contributed by atoms with E-state index in [0.717, 1.165) is 0 Å². The minimum Gasteiger partial charge on any atom is -0.477 e. The van der Waals surface area contributed by atoms with E-state index in [2.05, 4.69) is 26.2 Å². The fourth-order valence-electron chi connectivity index (χ4n) is 1.51. The number of nitriles is 1. The van der Waals surface area contributed by atoms with Gasteiger partial charge in [0.15, 0.2) is 6.61 Å². The van der Waals surface area contributed by atoms with Crippen LogP contribution in [0.1, 0.15) is 10.4 Å². The number of carbonyl (C=O) groups excluding carboxylic acids is 1. The minimum absolute atomic E-state index is 0.0767. The van der Waals surface area contributed by atoms with Crippen LogP contribution in [0.4, 0.5) is 5.69 Å². The highest BCUT2D eigenvalue weighted by atomic mass is 79.9. The minimum atomic E-state index is -0.294. The van der Waals surface area contributed by atoms with Gasteiger partial charge in [0.1, 0.15) is 16.4 Å². The second kappa shape index (κ2) is 6.68. The molecule has 0 saturated carbocycles. The number of carbonyl (C=O) groups is 1. The Bertz CT molecular complexity index is 650. The van der Waals surface area contributed by atoms with Crippen molar-refractivity contribution in [3.05, 3.63) is 52.8 Å². The van der Waals surface area contributed by atoms with E-state index in [1.807, 2.05) is 6.07 Å². The van der Waals surface area contributed by atoms with Gasteiger partial charge in [0.2, 0.25) is 0 Å². The number of aromatic nitrogens is 1. The van der Waals surface area contributed by atoms with Gasteiger partial charge in [-0.15, -0.1) is 0 Å². The Morgan fingerprint density at radius 1 is 1.35 bits per heavy atom. The summed E-state index contributed by atoms with van der Waals surface area (Å²) >= 11 is 3.21. The first kappa shape index (κ1) is 14.0. The lowest BCUT2D eigenvalue weighted by Gasteiger charge is -2.10. The summed E-state index contributed by atoms with van der Waals surface area (Å²) in [5.74, 6) is 0.158. The molecular formula is C14H10BrN3O2. The zero-order valence-corrected chi connectivity index (χ0v) is 11.9. The van der Waals surface area contributed by atoms with Gasteiger partial charge in [-0.2, -0.15) is 5.26 Å². The van der Waals surface area contributed by atoms with E-state index in [1.54, 1.807) is 36.4 Å². The molecule has 20 heavy (non-hydrogen) atoms. The quantitative estimate of drug-likeness (QED) is 0.874. The number of nitrogens with zero attached hydrogens (tertiary/aromatic N) is 2. The Balaban J connectivity index is 2.15. The molecule has 0 aliphatic rings. The zero-order valence-electron chi connectivity index (χ0n) is 10.3. The van der Waals surface area contributed by atoms with E-state index in [4.69, 9.17) is 10.00 Å². The molecule has 1 heterocycles. The summed E-state index contributed by atoms with van der Waals surface area (Å²) in [6.07, 6.45) is 1.47. The number of benzene rings is 1. The van der Waals surface area contributed by atoms with E-state index in [-0.39, 0.29) is 12.5 Å². The van der Waals surface area contributed by atoms with Crippen molar-refractivity contribution in [1.29, 1.82) is 5.26 Å². The van der Waals surface area contributed by atoms with Crippen molar-refractivity contribution in [2.45, 2.75) is 0 Å². The summed E-state index contributed by atoms with van der Waals surface area (Å²) in [4.78, 5) is 16.1. The molecule has 0 aliphatic heterocycles. The Hall–Kier alpha value is -2.39. The van der Waals surface area contributed by atoms with Gasteiger partial charge in [-0.05, 0) is 40.2 Å². The summed E-state index contributed by atoms with van der Waals surface area (Å²) < 4.78 is 5.90. The van der Waals surface area contributed by atoms with Crippen molar-refractivity contribution in [3.8, 4) is 11.8 Å². The van der Waals surface area contributed by atoms with Crippen molar-refractivity contribution < 1.29 is 9.53 Å². The van der Waals surface area contributed by atoms with Crippen LogP contribution in [0.5, 0.6) is 5.75 Å². The summed E-state index contributed by atoms with van der Waals surface area (Å²) in [5.41, 5.74) is 0.943. The van der Waals surface area contributed by atoms with Gasteiger partial charge in [-0.1, -0.05) is 12.1 Å². The van der Waals surface area contributed by atoms with E-state index >= 15 is 0 Å². The Morgan fingerprint density at radius 3 is 2.85 bits per heavy atom. The van der Waals surface area contributed by atoms with Crippen molar-refractivity contribution in [3.63, 3.8) is 0 Å². The summed E-state index contributed by atoms with van der Waals surface area (Å²) in [6, 6.07) is 12.2. The average molecular weight is 332 g/mol. The maximum Gasteiger partial charge on any atom is 0.257 e. The molecule has 0 atom stereocenters. The molecule has 0 saturated heterocycles. The number of anilines is 1. The molecule has 0 unspecified atom stereocenters. The van der Waals surface area contributed by atoms with Crippen LogP contribution in [0.25, 0.3) is 0 Å². The molecule has 100 valence electrons. The van der Waals surface area contributed by atoms with Gasteiger partial charge in [-0.25, -0.2) is 4.98 Å². The first-order valence-corrected chi connectivity index (χ1v) is 6.51. The second-order valence-corrected chi connectivity index (χ2v) is 4.58. The van der Waals surface area contributed by atoms with E-state index in [0.29, 0.717) is 21.6 Å². The van der Waals surface area contributed by atoms with Gasteiger partial charge in [-0.3, -0.25) is 4.79 Å². The first-order valence-electron chi connectivity index (χ1n) is 5.72. The molecule has 0 bridgehead atoms. The standard InChI is InChI=1S/C14H10BrN3O2/c15-13-6-5-10(9-17-13)14(19)18-11-3-1-2-4-12(11)20-8-7-16/h1-6,9H,8H2,(H,18,19). The number of hydrogen-bond donors (Lipinski definition) is 1. The first-order chi connectivity index (χ1) is 9.70. The van der Waals surface area contributed by atoms with Gasteiger partial charge in [0, 0.05) is 6.20 Å². The van der Waals surface area contributed by atoms with Crippen LogP contribution in [0, 0.1) is 11.3 Å². The lowest BCUT2D eigenvalue weighted by atomic mass is 10.2. The number of halogens is 1. The van der Waals surface area contributed by atoms with Gasteiger partial charge in [0.25, 0.3) is 5.91 Å². The van der Waals surface area contributed by atoms with Crippen molar-refractivity contribution in [1.82, 2.24) is 4.98 Å². The fourth-order valence-corrected chi connectivity index (χ4v) is 1.74. The number of nitrogens with one attached hydrogen (secondary N) is 1. The molecular weight excluding hydrogens is 322 g/mol. The number of rotatable bonds is 4. The van der Waals surface area contributed by atoms with Crippen LogP contribution in [0.2, 0.25) is 0 Å². The molecule has 1 amide bonds. The normalized spacial score (nSPS) is 9.60. The smallest absolute Gasteiger partial charge is 0.257 e. The summed E-state index contributed by atoms with van der Waals surface area (Å²) in [6.45, 7) is -0.0767. The SMILES string of the molecule is N#CCOc1ccccc1NC(=O)c1ccc(Br)nc1. The van der Waals surface area contributed by atoms with Gasteiger partial charge >= 0.3 is 0 Å². The predicted molar refractivity (Wildman–Crippen MR) is 77.4 cm³/mol. The topological polar surface area (TPSA) is 75.0 Å². The highest BCUT2D eigenvalue weighted by Gasteiger charge is 2.10. The number of pyridine rings is 1. The highest BCUT2D eigenvalue weighted by molar-refractivity contribution is 9.10. The average Bonchev–Trinajstić information content (AvgIpc) is 2.47. The number of ether oxygens (including phenoxy) is 1. The summed E-state index contributed by atoms with van der Waals surface area (Å²) in [7, 11) is 0. The van der Waals surface area contributed by atoms with Crippen LogP contribution in [-0.4, -0.2) is 17.5 Å². The molecule has 5 nitrogen and oxygen atoms in total. The molecule has 0 fully saturated rings. The van der Waals surface area contributed by atoms with E-state index in [9.17, 15) is 4.79 Å².